The van der Waals surface area contributed by atoms with Crippen molar-refractivity contribution < 1.29 is 80.2 Å². The Morgan fingerprint density at radius 3 is 0.759 bits per heavy atom. The number of hydrogen-bond donors (Lipinski definition) is 3. The molecular weight excluding hydrogens is 1400 g/mol. The number of aliphatic hydroxyl groups is 1. The maximum atomic E-state index is 13.1. The van der Waals surface area contributed by atoms with Gasteiger partial charge in [0.2, 0.25) is 0 Å². The lowest BCUT2D eigenvalue weighted by molar-refractivity contribution is -0.161. The summed E-state index contributed by atoms with van der Waals surface area (Å²) in [7, 11) is -9.99. The summed E-state index contributed by atoms with van der Waals surface area (Å²) in [4.78, 5) is 73.2. The third-order valence-electron chi connectivity index (χ3n) is 17.6. The van der Waals surface area contributed by atoms with Gasteiger partial charge in [0, 0.05) is 25.7 Å². The number of hydrogen-bond acceptors (Lipinski definition) is 15. The minimum absolute atomic E-state index is 0.0447. The second-order valence-corrected chi connectivity index (χ2v) is 30.9. The van der Waals surface area contributed by atoms with Crippen LogP contribution in [0.25, 0.3) is 0 Å². The SMILES string of the molecule is CC/C=C\C/C=C\C/C=C\C/C=C\C/C=C\CCCCCC(=O)OC[C@H](COP(=O)(O)OC[C@@H](O)COP(=O)(O)OC[C@@H](COC(=O)CCCCCCC/C=C\CCCCCCCC)OC(=O)CCCCCCCCCCCCCCCCC)OC(=O)CCCCC/C=C\C/C=C\C/C=C\C/C=C\C/C=C\CC. The summed E-state index contributed by atoms with van der Waals surface area (Å²) in [5, 5.41) is 10.7. The van der Waals surface area contributed by atoms with Crippen LogP contribution in [0.15, 0.2) is 134 Å². The van der Waals surface area contributed by atoms with E-state index in [2.05, 4.69) is 161 Å². The predicted octanol–water partition coefficient (Wildman–Crippen LogP) is 25.2. The number of ether oxygens (including phenoxy) is 4. The first-order valence-electron chi connectivity index (χ1n) is 42.4. The van der Waals surface area contributed by atoms with Crippen LogP contribution in [0, 0.1) is 0 Å². The Bertz CT molecular complexity index is 2560. The maximum absolute atomic E-state index is 13.1. The van der Waals surface area contributed by atoms with Gasteiger partial charge in [-0.2, -0.15) is 0 Å². The van der Waals surface area contributed by atoms with Gasteiger partial charge in [0.05, 0.1) is 26.4 Å². The van der Waals surface area contributed by atoms with Gasteiger partial charge in [-0.15, -0.1) is 0 Å². The molecule has 0 saturated carbocycles. The van der Waals surface area contributed by atoms with Crippen LogP contribution in [0.3, 0.4) is 0 Å². The molecule has 0 rings (SSSR count). The van der Waals surface area contributed by atoms with E-state index in [-0.39, 0.29) is 25.7 Å². The van der Waals surface area contributed by atoms with Crippen molar-refractivity contribution in [2.75, 3.05) is 39.6 Å². The fourth-order valence-electron chi connectivity index (χ4n) is 11.2. The van der Waals surface area contributed by atoms with Crippen LogP contribution >= 0.6 is 15.6 Å². The van der Waals surface area contributed by atoms with Crippen molar-refractivity contribution in [2.24, 2.45) is 0 Å². The van der Waals surface area contributed by atoms with Crippen LogP contribution in [0.1, 0.15) is 349 Å². The number of aliphatic hydroxyl groups excluding tert-OH is 1. The van der Waals surface area contributed by atoms with Gasteiger partial charge < -0.3 is 33.8 Å². The molecule has 0 heterocycles. The summed E-state index contributed by atoms with van der Waals surface area (Å²) in [5.74, 6) is -2.24. The fourth-order valence-corrected chi connectivity index (χ4v) is 12.8. The molecule has 0 aliphatic heterocycles. The molecule has 0 saturated heterocycles. The smallest absolute Gasteiger partial charge is 0.462 e. The molecular formula is C89H152O17P2. The molecule has 19 heteroatoms. The Labute approximate surface area is 656 Å². The number of phosphoric acid groups is 2. The molecule has 0 amide bonds. The summed E-state index contributed by atoms with van der Waals surface area (Å²) < 4.78 is 68.7. The first-order valence-corrected chi connectivity index (χ1v) is 45.4. The van der Waals surface area contributed by atoms with E-state index in [1.807, 2.05) is 0 Å². The van der Waals surface area contributed by atoms with Crippen molar-refractivity contribution in [1.82, 2.24) is 0 Å². The van der Waals surface area contributed by atoms with E-state index in [4.69, 9.17) is 37.0 Å². The number of rotatable bonds is 79. The van der Waals surface area contributed by atoms with Gasteiger partial charge in [-0.3, -0.25) is 37.3 Å². The highest BCUT2D eigenvalue weighted by atomic mass is 31.2. The van der Waals surface area contributed by atoms with Crippen LogP contribution in [-0.4, -0.2) is 96.7 Å². The minimum Gasteiger partial charge on any atom is -0.462 e. The lowest BCUT2D eigenvalue weighted by atomic mass is 10.0. The number of esters is 4. The van der Waals surface area contributed by atoms with E-state index in [0.717, 1.165) is 167 Å². The molecule has 0 fully saturated rings. The molecule has 0 radical (unpaired) electrons. The van der Waals surface area contributed by atoms with Crippen molar-refractivity contribution in [3.05, 3.63) is 134 Å². The minimum atomic E-state index is -5.00. The van der Waals surface area contributed by atoms with E-state index in [1.54, 1.807) is 0 Å². The summed E-state index contributed by atoms with van der Waals surface area (Å²) in [6.07, 6.45) is 91.3. The molecule has 3 N–H and O–H groups in total. The number of phosphoric ester groups is 2. The van der Waals surface area contributed by atoms with Gasteiger partial charge >= 0.3 is 39.5 Å². The average molecular weight is 1560 g/mol. The van der Waals surface area contributed by atoms with Crippen molar-refractivity contribution in [2.45, 2.75) is 367 Å². The van der Waals surface area contributed by atoms with Crippen molar-refractivity contribution in [1.29, 1.82) is 0 Å². The lowest BCUT2D eigenvalue weighted by Crippen LogP contribution is -2.30. The molecule has 0 spiro atoms. The van der Waals surface area contributed by atoms with Crippen LogP contribution < -0.4 is 0 Å². The van der Waals surface area contributed by atoms with Crippen LogP contribution in [0.4, 0.5) is 0 Å². The fraction of sp³-hybridized carbons (Fsp3) is 0.708. The zero-order chi connectivity index (χ0) is 78.9. The number of allylic oxidation sites excluding steroid dienone is 22. The number of carbonyl (C=O) groups excluding carboxylic acids is 4. The second-order valence-electron chi connectivity index (χ2n) is 28.0. The highest BCUT2D eigenvalue weighted by Gasteiger charge is 2.30. The quantitative estimate of drug-likeness (QED) is 0.0169. The predicted molar refractivity (Wildman–Crippen MR) is 445 cm³/mol. The van der Waals surface area contributed by atoms with Gasteiger partial charge in [-0.05, 0) is 141 Å². The monoisotopic (exact) mass is 1560 g/mol. The molecule has 5 atom stereocenters. The van der Waals surface area contributed by atoms with Crippen LogP contribution in [-0.2, 0) is 65.4 Å². The van der Waals surface area contributed by atoms with Gasteiger partial charge in [-0.1, -0.05) is 315 Å². The molecule has 2 unspecified atom stereocenters. The Balaban J connectivity index is 5.45. The second kappa shape index (κ2) is 80.3. The third-order valence-corrected chi connectivity index (χ3v) is 19.5. The van der Waals surface area contributed by atoms with Crippen molar-refractivity contribution in [3.8, 4) is 0 Å². The normalized spacial score (nSPS) is 14.5. The van der Waals surface area contributed by atoms with Gasteiger partial charge in [0.25, 0.3) is 0 Å². The molecule has 0 aromatic rings. The Morgan fingerprint density at radius 2 is 0.481 bits per heavy atom. The molecule has 17 nitrogen and oxygen atoms in total. The average Bonchev–Trinajstić information content (AvgIpc) is 0.896. The first-order chi connectivity index (χ1) is 52.7. The highest BCUT2D eigenvalue weighted by molar-refractivity contribution is 7.47. The summed E-state index contributed by atoms with van der Waals surface area (Å²) in [6, 6.07) is 0. The zero-order valence-electron chi connectivity index (χ0n) is 68.0. The highest BCUT2D eigenvalue weighted by Crippen LogP contribution is 2.45. The first kappa shape index (κ1) is 103. The van der Waals surface area contributed by atoms with Crippen molar-refractivity contribution in [3.63, 3.8) is 0 Å². The molecule has 108 heavy (non-hydrogen) atoms. The number of carbonyl (C=O) groups is 4. The van der Waals surface area contributed by atoms with Crippen molar-refractivity contribution >= 4 is 39.5 Å². The lowest BCUT2D eigenvalue weighted by Gasteiger charge is -2.21. The van der Waals surface area contributed by atoms with E-state index in [0.29, 0.717) is 25.7 Å². The standard InChI is InChI=1S/C89H152O17P2/c1-5-9-13-17-21-25-29-33-37-39-41-43-47-50-54-58-62-66-70-74-87(92)100-80-85(106-89(94)76-72-68-64-60-56-52-48-44-42-40-38-34-30-26-22-18-14-10-6-2)82-104-108(97,98)102-78-83(90)77-101-107(95,96)103-81-84(105-88(93)75-71-67-63-59-55-51-46-36-32-28-24-20-16-12-8-4)79-99-86(91)73-69-65-61-57-53-49-45-35-31-27-23-19-15-11-7-3/h9-10,13-14,21-22,25-26,33-35,37-38,41-45,50,52,54,56,83-85,90H,5-8,11-12,15-20,23-24,27-32,36,39-40,46-49,51,53,55,57-82H2,1-4H3,(H,95,96)(H,97,98)/b13-9-,14-10-,25-21-,26-22-,37-33-,38-34-,43-41-,44-42-,45-35-,54-50-,56-52-/t83-,84+,85+/m0/s1. The summed E-state index contributed by atoms with van der Waals surface area (Å²) in [6.45, 7) is 4.61. The van der Waals surface area contributed by atoms with Gasteiger partial charge in [0.1, 0.15) is 19.3 Å². The van der Waals surface area contributed by atoms with E-state index >= 15 is 0 Å². The number of unbranched alkanes of at least 4 members (excludes halogenated alkanes) is 31. The molecule has 0 bridgehead atoms. The molecule has 0 aromatic carbocycles. The Hall–Kier alpha value is -4.80. The maximum Gasteiger partial charge on any atom is 0.472 e. The summed E-state index contributed by atoms with van der Waals surface area (Å²) >= 11 is 0. The van der Waals surface area contributed by atoms with Crippen LogP contribution in [0.5, 0.6) is 0 Å². The molecule has 620 valence electrons. The van der Waals surface area contributed by atoms with Crippen LogP contribution in [0.2, 0.25) is 0 Å². The topological polar surface area (TPSA) is 237 Å². The largest absolute Gasteiger partial charge is 0.472 e. The Kier molecular flexibility index (Phi) is 76.7. The molecule has 0 aromatic heterocycles. The van der Waals surface area contributed by atoms with Gasteiger partial charge in [-0.25, -0.2) is 9.13 Å². The van der Waals surface area contributed by atoms with Gasteiger partial charge in [0.15, 0.2) is 12.2 Å². The van der Waals surface area contributed by atoms with E-state index < -0.39 is 97.5 Å². The molecule has 0 aliphatic rings. The molecule has 0 aliphatic carbocycles. The zero-order valence-corrected chi connectivity index (χ0v) is 69.8. The van der Waals surface area contributed by atoms with E-state index in [1.165, 1.54) is 103 Å². The third kappa shape index (κ3) is 79.3. The Morgan fingerprint density at radius 1 is 0.269 bits per heavy atom. The van der Waals surface area contributed by atoms with E-state index in [9.17, 15) is 43.2 Å². The summed E-state index contributed by atoms with van der Waals surface area (Å²) in [5.41, 5.74) is 0.